The van der Waals surface area contributed by atoms with Crippen molar-refractivity contribution in [2.24, 2.45) is 0 Å². The van der Waals surface area contributed by atoms with E-state index in [-0.39, 0.29) is 11.6 Å². The van der Waals surface area contributed by atoms with E-state index in [9.17, 15) is 9.90 Å². The van der Waals surface area contributed by atoms with Crippen molar-refractivity contribution >= 4 is 17.6 Å². The highest BCUT2D eigenvalue weighted by molar-refractivity contribution is 6.29. The fourth-order valence-corrected chi connectivity index (χ4v) is 2.07. The Hall–Kier alpha value is -1.00. The van der Waals surface area contributed by atoms with Crippen molar-refractivity contribution in [3.63, 3.8) is 0 Å². The number of aliphatic carboxylic acids is 1. The minimum absolute atomic E-state index is 0.193. The van der Waals surface area contributed by atoms with Crippen molar-refractivity contribution in [1.29, 1.82) is 0 Å². The van der Waals surface area contributed by atoms with Crippen LogP contribution in [0, 0.1) is 0 Å². The average molecular weight is 217 g/mol. The molecule has 0 fully saturated rings. The number of aliphatic hydroxyl groups is 1. The second-order valence-electron chi connectivity index (χ2n) is 3.49. The zero-order valence-electron chi connectivity index (χ0n) is 7.29. The normalized spacial score (nSPS) is 25.0. The van der Waals surface area contributed by atoms with Crippen LogP contribution in [0.25, 0.3) is 0 Å². The Morgan fingerprint density at radius 1 is 1.71 bits per heavy atom. The van der Waals surface area contributed by atoms with E-state index < -0.39 is 11.6 Å². The molecule has 2 N–H and O–H groups in total. The number of hydrogen-bond donors (Lipinski definition) is 2. The first-order valence-corrected chi connectivity index (χ1v) is 4.62. The molecular formula is C9H9ClO4. The Morgan fingerprint density at radius 2 is 2.43 bits per heavy atom. The molecule has 0 amide bonds. The van der Waals surface area contributed by atoms with Crippen LogP contribution in [0.1, 0.15) is 24.2 Å². The first-order chi connectivity index (χ1) is 6.51. The van der Waals surface area contributed by atoms with Gasteiger partial charge in [-0.2, -0.15) is 0 Å². The van der Waals surface area contributed by atoms with E-state index in [1.165, 1.54) is 6.07 Å². The van der Waals surface area contributed by atoms with E-state index in [4.69, 9.17) is 21.1 Å². The molecule has 1 aromatic heterocycles. The van der Waals surface area contributed by atoms with Gasteiger partial charge in [0.25, 0.3) is 0 Å². The summed E-state index contributed by atoms with van der Waals surface area (Å²) in [6.45, 7) is 0. The molecule has 1 heterocycles. The van der Waals surface area contributed by atoms with Gasteiger partial charge in [0, 0.05) is 18.1 Å². The summed E-state index contributed by atoms with van der Waals surface area (Å²) in [5.74, 6) is -0.434. The van der Waals surface area contributed by atoms with E-state index in [2.05, 4.69) is 0 Å². The number of rotatable bonds is 2. The zero-order valence-corrected chi connectivity index (χ0v) is 8.04. The maximum Gasteiger partial charge on any atom is 0.306 e. The van der Waals surface area contributed by atoms with Gasteiger partial charge in [0.2, 0.25) is 0 Å². The second kappa shape index (κ2) is 3.00. The summed E-state index contributed by atoms with van der Waals surface area (Å²) in [6.07, 6.45) is 0.604. The number of aryl methyl sites for hydroxylation is 1. The van der Waals surface area contributed by atoms with Crippen molar-refractivity contribution in [3.05, 3.63) is 22.6 Å². The summed E-state index contributed by atoms with van der Waals surface area (Å²) in [5.41, 5.74) is -0.789. The fourth-order valence-electron chi connectivity index (χ4n) is 1.86. The predicted octanol–water partition coefficient (Wildman–Crippen LogP) is 1.54. The van der Waals surface area contributed by atoms with Crippen LogP contribution in [0.15, 0.2) is 10.5 Å². The molecule has 0 spiro atoms. The number of hydrogen-bond acceptors (Lipinski definition) is 3. The third-order valence-corrected chi connectivity index (χ3v) is 2.68. The lowest BCUT2D eigenvalue weighted by molar-refractivity contribution is -0.142. The second-order valence-corrected chi connectivity index (χ2v) is 3.86. The Labute approximate surface area is 85.1 Å². The maximum absolute atomic E-state index is 10.6. The SMILES string of the molecule is O=C(O)CC1(O)CCc2oc(Cl)cc21. The average Bonchev–Trinajstić information content (AvgIpc) is 2.52. The first-order valence-electron chi connectivity index (χ1n) is 4.24. The molecule has 0 bridgehead atoms. The zero-order chi connectivity index (χ0) is 10.3. The van der Waals surface area contributed by atoms with E-state index in [0.717, 1.165) is 0 Å². The van der Waals surface area contributed by atoms with Gasteiger partial charge in [-0.05, 0) is 18.0 Å². The molecule has 1 aromatic rings. The van der Waals surface area contributed by atoms with Crippen molar-refractivity contribution in [1.82, 2.24) is 0 Å². The highest BCUT2D eigenvalue weighted by Crippen LogP contribution is 2.42. The van der Waals surface area contributed by atoms with Gasteiger partial charge >= 0.3 is 5.97 Å². The molecule has 1 aliphatic rings. The van der Waals surface area contributed by atoms with E-state index in [1.807, 2.05) is 0 Å². The van der Waals surface area contributed by atoms with Crippen LogP contribution in [-0.4, -0.2) is 16.2 Å². The van der Waals surface area contributed by atoms with Crippen molar-refractivity contribution in [3.8, 4) is 0 Å². The van der Waals surface area contributed by atoms with Gasteiger partial charge in [0.05, 0.1) is 6.42 Å². The van der Waals surface area contributed by atoms with Gasteiger partial charge in [-0.1, -0.05) is 0 Å². The molecule has 4 nitrogen and oxygen atoms in total. The Bertz CT molecular complexity index is 384. The monoisotopic (exact) mass is 216 g/mol. The molecule has 14 heavy (non-hydrogen) atoms. The molecule has 1 aliphatic carbocycles. The van der Waals surface area contributed by atoms with Crippen molar-refractivity contribution in [2.75, 3.05) is 0 Å². The topological polar surface area (TPSA) is 70.7 Å². The first kappa shape index (κ1) is 9.55. The van der Waals surface area contributed by atoms with Crippen molar-refractivity contribution < 1.29 is 19.4 Å². The number of furan rings is 1. The molecule has 5 heteroatoms. The molecule has 0 saturated carbocycles. The molecule has 0 saturated heterocycles. The highest BCUT2D eigenvalue weighted by Gasteiger charge is 2.41. The van der Waals surface area contributed by atoms with E-state index in [1.54, 1.807) is 0 Å². The Kier molecular flexibility index (Phi) is 2.05. The molecule has 1 unspecified atom stereocenters. The van der Waals surface area contributed by atoms with Crippen LogP contribution in [0.5, 0.6) is 0 Å². The largest absolute Gasteiger partial charge is 0.481 e. The minimum atomic E-state index is -1.31. The summed E-state index contributed by atoms with van der Waals surface area (Å²) in [7, 11) is 0. The molecule has 0 radical (unpaired) electrons. The van der Waals surface area contributed by atoms with Gasteiger partial charge in [0.1, 0.15) is 11.4 Å². The Balaban J connectivity index is 2.35. The summed E-state index contributed by atoms with van der Waals surface area (Å²) >= 11 is 5.62. The smallest absolute Gasteiger partial charge is 0.306 e. The van der Waals surface area contributed by atoms with Gasteiger partial charge in [0.15, 0.2) is 5.22 Å². The van der Waals surface area contributed by atoms with Crippen LogP contribution in [0.4, 0.5) is 0 Å². The van der Waals surface area contributed by atoms with E-state index in [0.29, 0.717) is 24.2 Å². The lowest BCUT2D eigenvalue weighted by Crippen LogP contribution is -2.25. The lowest BCUT2D eigenvalue weighted by atomic mass is 9.94. The van der Waals surface area contributed by atoms with Gasteiger partial charge in [-0.15, -0.1) is 0 Å². The van der Waals surface area contributed by atoms with Gasteiger partial charge < -0.3 is 14.6 Å². The van der Waals surface area contributed by atoms with Gasteiger partial charge in [-0.25, -0.2) is 0 Å². The molecule has 0 aromatic carbocycles. The quantitative estimate of drug-likeness (QED) is 0.787. The third kappa shape index (κ3) is 1.40. The van der Waals surface area contributed by atoms with Crippen LogP contribution < -0.4 is 0 Å². The molecule has 76 valence electrons. The lowest BCUT2D eigenvalue weighted by Gasteiger charge is -2.19. The number of halogens is 1. The molecule has 2 rings (SSSR count). The number of fused-ring (bicyclic) bond motifs is 1. The number of carboxylic acid groups (broad SMARTS) is 1. The van der Waals surface area contributed by atoms with Gasteiger partial charge in [-0.3, -0.25) is 4.79 Å². The third-order valence-electron chi connectivity index (χ3n) is 2.49. The van der Waals surface area contributed by atoms with Crippen LogP contribution in [-0.2, 0) is 16.8 Å². The standard InChI is InChI=1S/C9H9ClO4/c10-7-3-5-6(14-7)1-2-9(5,13)4-8(11)12/h3,13H,1-2,4H2,(H,11,12). The van der Waals surface area contributed by atoms with E-state index >= 15 is 0 Å². The minimum Gasteiger partial charge on any atom is -0.481 e. The molecule has 1 atom stereocenters. The molecule has 0 aliphatic heterocycles. The Morgan fingerprint density at radius 3 is 3.07 bits per heavy atom. The summed E-state index contributed by atoms with van der Waals surface area (Å²) < 4.78 is 5.12. The summed E-state index contributed by atoms with van der Waals surface area (Å²) in [6, 6.07) is 1.49. The van der Waals surface area contributed by atoms with Crippen LogP contribution >= 0.6 is 11.6 Å². The fraction of sp³-hybridized carbons (Fsp3) is 0.444. The number of carbonyl (C=O) groups is 1. The highest BCUT2D eigenvalue weighted by atomic mass is 35.5. The predicted molar refractivity (Wildman–Crippen MR) is 48.2 cm³/mol. The van der Waals surface area contributed by atoms with Crippen LogP contribution in [0.2, 0.25) is 5.22 Å². The summed E-state index contributed by atoms with van der Waals surface area (Å²) in [5, 5.41) is 18.9. The summed E-state index contributed by atoms with van der Waals surface area (Å²) in [4.78, 5) is 10.6. The molecular weight excluding hydrogens is 208 g/mol. The maximum atomic E-state index is 10.6. The van der Waals surface area contributed by atoms with Crippen molar-refractivity contribution in [2.45, 2.75) is 24.9 Å². The number of carboxylic acids is 1. The van der Waals surface area contributed by atoms with Crippen LogP contribution in [0.3, 0.4) is 0 Å².